The van der Waals surface area contributed by atoms with E-state index in [1.807, 2.05) is 50.2 Å². The topological polar surface area (TPSA) is 97.6 Å². The SMILES string of the molecule is CC(C)NC(=O)N(C)c1ccc(OCc2sc(C(=O)CCc3ccc4c(N)nccc4c3)cc2Cl)cc1. The van der Waals surface area contributed by atoms with E-state index in [9.17, 15) is 9.59 Å². The number of carbonyl (C=O) groups excluding carboxylic acids is 2. The minimum absolute atomic E-state index is 0.0413. The molecule has 2 aromatic heterocycles. The largest absolute Gasteiger partial charge is 0.488 e. The highest BCUT2D eigenvalue weighted by Crippen LogP contribution is 2.30. The third kappa shape index (κ3) is 6.58. The van der Waals surface area contributed by atoms with Crippen molar-refractivity contribution in [2.24, 2.45) is 0 Å². The number of nitrogen functional groups attached to an aromatic ring is 1. The Balaban J connectivity index is 1.33. The third-order valence-electron chi connectivity index (χ3n) is 5.84. The van der Waals surface area contributed by atoms with Crippen LogP contribution >= 0.6 is 22.9 Å². The number of fused-ring (bicyclic) bond motifs is 1. The summed E-state index contributed by atoms with van der Waals surface area (Å²) in [6, 6.07) is 16.7. The van der Waals surface area contributed by atoms with Crippen molar-refractivity contribution in [1.29, 1.82) is 0 Å². The highest BCUT2D eigenvalue weighted by molar-refractivity contribution is 7.14. The second-order valence-corrected chi connectivity index (χ2v) is 10.5. The van der Waals surface area contributed by atoms with E-state index in [-0.39, 0.29) is 24.5 Å². The first-order valence-corrected chi connectivity index (χ1v) is 13.1. The number of aryl methyl sites for hydroxylation is 1. The summed E-state index contributed by atoms with van der Waals surface area (Å²) in [7, 11) is 1.71. The summed E-state index contributed by atoms with van der Waals surface area (Å²) < 4.78 is 5.89. The van der Waals surface area contributed by atoms with E-state index in [4.69, 9.17) is 22.1 Å². The van der Waals surface area contributed by atoms with Crippen LogP contribution < -0.4 is 20.7 Å². The van der Waals surface area contributed by atoms with Crippen LogP contribution in [0.4, 0.5) is 16.3 Å². The second-order valence-electron chi connectivity index (χ2n) is 9.00. The molecule has 0 saturated carbocycles. The van der Waals surface area contributed by atoms with Crippen LogP contribution in [0.2, 0.25) is 5.02 Å². The Kier molecular flexibility index (Phi) is 8.31. The normalized spacial score (nSPS) is 11.1. The maximum atomic E-state index is 12.8. The van der Waals surface area contributed by atoms with Crippen LogP contribution in [0.25, 0.3) is 10.8 Å². The molecule has 4 aromatic rings. The number of nitrogens with two attached hydrogens (primary N) is 1. The summed E-state index contributed by atoms with van der Waals surface area (Å²) >= 11 is 7.76. The van der Waals surface area contributed by atoms with E-state index in [0.29, 0.717) is 34.3 Å². The molecule has 0 aliphatic carbocycles. The Morgan fingerprint density at radius 1 is 1.14 bits per heavy atom. The molecule has 0 fully saturated rings. The minimum Gasteiger partial charge on any atom is -0.488 e. The van der Waals surface area contributed by atoms with Crippen molar-refractivity contribution in [3.8, 4) is 5.75 Å². The summed E-state index contributed by atoms with van der Waals surface area (Å²) in [6.45, 7) is 4.08. The lowest BCUT2D eigenvalue weighted by Crippen LogP contribution is -2.40. The van der Waals surface area contributed by atoms with Crippen molar-refractivity contribution in [2.45, 2.75) is 39.3 Å². The summed E-state index contributed by atoms with van der Waals surface area (Å²) in [5.74, 6) is 1.19. The van der Waals surface area contributed by atoms with Crippen LogP contribution in [-0.4, -0.2) is 29.9 Å². The van der Waals surface area contributed by atoms with Crippen molar-refractivity contribution < 1.29 is 14.3 Å². The standard InChI is InChI=1S/C28H29ClN4O3S/c1-17(2)32-28(35)33(3)20-6-8-21(9-7-20)36-16-26-23(29)15-25(37-26)24(34)11-5-18-4-10-22-19(14-18)12-13-31-27(22)30/h4,6-10,12-15,17H,5,11,16H2,1-3H3,(H2,30,31)(H,32,35). The first-order valence-electron chi connectivity index (χ1n) is 11.9. The van der Waals surface area contributed by atoms with Crippen molar-refractivity contribution in [1.82, 2.24) is 10.3 Å². The molecule has 3 N–H and O–H groups in total. The number of urea groups is 1. The molecule has 2 heterocycles. The number of ether oxygens (including phenoxy) is 1. The molecule has 2 amide bonds. The number of thiophene rings is 1. The predicted octanol–water partition coefficient (Wildman–Crippen LogP) is 6.48. The minimum atomic E-state index is -0.172. The van der Waals surface area contributed by atoms with Crippen LogP contribution in [-0.2, 0) is 13.0 Å². The van der Waals surface area contributed by atoms with Crippen LogP contribution in [0, 0.1) is 0 Å². The number of carbonyl (C=O) groups is 2. The molecule has 0 atom stereocenters. The maximum absolute atomic E-state index is 12.8. The summed E-state index contributed by atoms with van der Waals surface area (Å²) in [4.78, 5) is 32.1. The molecule has 2 aromatic carbocycles. The van der Waals surface area contributed by atoms with Gasteiger partial charge in [-0.15, -0.1) is 11.3 Å². The average Bonchev–Trinajstić information content (AvgIpc) is 3.26. The van der Waals surface area contributed by atoms with Gasteiger partial charge in [-0.05, 0) is 67.6 Å². The van der Waals surface area contributed by atoms with Gasteiger partial charge < -0.3 is 15.8 Å². The van der Waals surface area contributed by atoms with Gasteiger partial charge in [0, 0.05) is 36.8 Å². The highest BCUT2D eigenvalue weighted by atomic mass is 35.5. The summed E-state index contributed by atoms with van der Waals surface area (Å²) in [5, 5.41) is 5.29. The Bertz CT molecular complexity index is 1420. The van der Waals surface area contributed by atoms with Gasteiger partial charge >= 0.3 is 6.03 Å². The zero-order valence-corrected chi connectivity index (χ0v) is 22.5. The molecule has 4 rings (SSSR count). The molecule has 192 valence electrons. The number of anilines is 2. The molecule has 0 aliphatic rings. The zero-order chi connectivity index (χ0) is 26.5. The monoisotopic (exact) mass is 536 g/mol. The van der Waals surface area contributed by atoms with Gasteiger partial charge in [-0.2, -0.15) is 0 Å². The lowest BCUT2D eigenvalue weighted by atomic mass is 10.0. The fourth-order valence-electron chi connectivity index (χ4n) is 3.81. The maximum Gasteiger partial charge on any atom is 0.321 e. The quantitative estimate of drug-likeness (QED) is 0.238. The number of amides is 2. The lowest BCUT2D eigenvalue weighted by molar-refractivity contribution is 0.0986. The van der Waals surface area contributed by atoms with E-state index in [0.717, 1.165) is 26.9 Å². The molecular formula is C28H29ClN4O3S. The van der Waals surface area contributed by atoms with E-state index < -0.39 is 0 Å². The van der Waals surface area contributed by atoms with Crippen molar-refractivity contribution in [2.75, 3.05) is 17.7 Å². The first-order chi connectivity index (χ1) is 17.7. The summed E-state index contributed by atoms with van der Waals surface area (Å²) in [5.41, 5.74) is 7.74. The molecule has 9 heteroatoms. The van der Waals surface area contributed by atoms with Crippen LogP contribution in [0.15, 0.2) is 60.8 Å². The van der Waals surface area contributed by atoms with Crippen molar-refractivity contribution >= 4 is 57.0 Å². The number of ketones is 1. The number of halogens is 1. The van der Waals surface area contributed by atoms with E-state index in [2.05, 4.69) is 10.3 Å². The zero-order valence-electron chi connectivity index (χ0n) is 21.0. The van der Waals surface area contributed by atoms with Gasteiger partial charge in [0.1, 0.15) is 18.2 Å². The molecule has 0 bridgehead atoms. The average molecular weight is 537 g/mol. The Morgan fingerprint density at radius 3 is 2.62 bits per heavy atom. The number of aromatic nitrogens is 1. The van der Waals surface area contributed by atoms with Gasteiger partial charge in [-0.1, -0.05) is 29.8 Å². The number of hydrogen-bond donors (Lipinski definition) is 2. The van der Waals surface area contributed by atoms with Gasteiger partial charge in [0.2, 0.25) is 0 Å². The number of rotatable bonds is 9. The number of nitrogens with zero attached hydrogens (tertiary/aromatic N) is 2. The molecule has 37 heavy (non-hydrogen) atoms. The number of nitrogens with one attached hydrogen (secondary N) is 1. The molecule has 0 radical (unpaired) electrons. The van der Waals surface area contributed by atoms with Crippen LogP contribution in [0.1, 0.15) is 40.4 Å². The summed E-state index contributed by atoms with van der Waals surface area (Å²) in [6.07, 6.45) is 2.68. The van der Waals surface area contributed by atoms with E-state index in [1.54, 1.807) is 36.3 Å². The highest BCUT2D eigenvalue weighted by Gasteiger charge is 2.15. The molecular weight excluding hydrogens is 508 g/mol. The Morgan fingerprint density at radius 2 is 1.89 bits per heavy atom. The third-order valence-corrected chi connectivity index (χ3v) is 7.44. The first kappa shape index (κ1) is 26.4. The van der Waals surface area contributed by atoms with Gasteiger partial charge in [0.05, 0.1) is 14.8 Å². The fraction of sp³-hybridized carbons (Fsp3) is 0.250. The number of hydrogen-bond acceptors (Lipinski definition) is 6. The number of benzene rings is 2. The van der Waals surface area contributed by atoms with Gasteiger partial charge in [0.15, 0.2) is 5.78 Å². The lowest BCUT2D eigenvalue weighted by Gasteiger charge is -2.20. The van der Waals surface area contributed by atoms with Gasteiger partial charge in [0.25, 0.3) is 0 Å². The number of pyridine rings is 1. The molecule has 0 saturated heterocycles. The van der Waals surface area contributed by atoms with Crippen LogP contribution in [0.5, 0.6) is 5.75 Å². The smallest absolute Gasteiger partial charge is 0.321 e. The van der Waals surface area contributed by atoms with Crippen molar-refractivity contribution in [3.05, 3.63) is 81.1 Å². The van der Waals surface area contributed by atoms with Crippen LogP contribution in [0.3, 0.4) is 0 Å². The predicted molar refractivity (Wildman–Crippen MR) is 151 cm³/mol. The van der Waals surface area contributed by atoms with Gasteiger partial charge in [-0.25, -0.2) is 9.78 Å². The Labute approximate surface area is 225 Å². The molecule has 0 aliphatic heterocycles. The Hall–Kier alpha value is -3.62. The van der Waals surface area contributed by atoms with E-state index >= 15 is 0 Å². The molecule has 0 spiro atoms. The fourth-order valence-corrected chi connectivity index (χ4v) is 5.08. The molecule has 0 unspecified atom stereocenters. The molecule has 7 nitrogen and oxygen atoms in total. The second kappa shape index (κ2) is 11.6. The van der Waals surface area contributed by atoms with Crippen molar-refractivity contribution in [3.63, 3.8) is 0 Å². The number of Topliss-reactive ketones (excluding diaryl/α,β-unsaturated/α-hetero) is 1. The van der Waals surface area contributed by atoms with Gasteiger partial charge in [-0.3, -0.25) is 9.69 Å². The van der Waals surface area contributed by atoms with E-state index in [1.165, 1.54) is 11.3 Å².